The molecule has 3 aliphatic carbocycles. The summed E-state index contributed by atoms with van der Waals surface area (Å²) in [6.07, 6.45) is 13.3. The van der Waals surface area contributed by atoms with E-state index in [1.54, 1.807) is 6.08 Å². The largest absolute Gasteiger partial charge is 0.481 e. The molecule has 3 nitrogen and oxygen atoms in total. The first-order chi connectivity index (χ1) is 13.6. The SMILES string of the molecule is CC(C)CCCC(C)C1CCC2C(C(=O)O)C([C@@]3(C)C=CC(=O)CC3)CC[C@@]12C. The van der Waals surface area contributed by atoms with Crippen LogP contribution >= 0.6 is 0 Å². The van der Waals surface area contributed by atoms with Crippen LogP contribution in [0.3, 0.4) is 0 Å². The van der Waals surface area contributed by atoms with Gasteiger partial charge in [0.25, 0.3) is 0 Å². The molecule has 0 saturated heterocycles. The third kappa shape index (κ3) is 4.35. The summed E-state index contributed by atoms with van der Waals surface area (Å²) in [7, 11) is 0. The molecule has 2 saturated carbocycles. The molecule has 2 fully saturated rings. The van der Waals surface area contributed by atoms with E-state index < -0.39 is 5.97 Å². The van der Waals surface area contributed by atoms with E-state index in [1.807, 2.05) is 6.08 Å². The molecule has 0 amide bonds. The first-order valence-corrected chi connectivity index (χ1v) is 12.0. The van der Waals surface area contributed by atoms with Gasteiger partial charge in [-0.25, -0.2) is 0 Å². The zero-order valence-electron chi connectivity index (χ0n) is 19.2. The summed E-state index contributed by atoms with van der Waals surface area (Å²) in [4.78, 5) is 24.3. The molecule has 0 bridgehead atoms. The van der Waals surface area contributed by atoms with Crippen molar-refractivity contribution in [2.45, 2.75) is 92.4 Å². The Morgan fingerprint density at radius 3 is 2.41 bits per heavy atom. The third-order valence-electron chi connectivity index (χ3n) is 9.16. The van der Waals surface area contributed by atoms with E-state index in [1.165, 1.54) is 25.7 Å². The molecule has 0 radical (unpaired) electrons. The Hall–Kier alpha value is -1.12. The van der Waals surface area contributed by atoms with E-state index in [0.717, 1.165) is 31.6 Å². The Morgan fingerprint density at radius 2 is 1.83 bits per heavy atom. The standard InChI is InChI=1S/C26H42O3/c1-17(2)7-6-8-18(3)20-9-10-22-23(24(28)29)21(13-16-26(20,22)5)25(4)14-11-19(27)12-15-25/h11,14,17-18,20-23H,6-10,12-13,15-16H2,1-5H3,(H,28,29)/t18?,20?,21?,22?,23?,25-,26-/m0/s1. The molecule has 29 heavy (non-hydrogen) atoms. The molecule has 7 atom stereocenters. The van der Waals surface area contributed by atoms with Crippen LogP contribution in [0.15, 0.2) is 12.2 Å². The summed E-state index contributed by atoms with van der Waals surface area (Å²) < 4.78 is 0. The second kappa shape index (κ2) is 8.55. The summed E-state index contributed by atoms with van der Waals surface area (Å²) in [6, 6.07) is 0. The molecular formula is C26H42O3. The fourth-order valence-electron chi connectivity index (χ4n) is 7.40. The highest BCUT2D eigenvalue weighted by Gasteiger charge is 2.59. The number of fused-ring (bicyclic) bond motifs is 1. The van der Waals surface area contributed by atoms with E-state index in [2.05, 4.69) is 34.6 Å². The van der Waals surface area contributed by atoms with Gasteiger partial charge in [0.2, 0.25) is 0 Å². The normalized spacial score (nSPS) is 40.8. The predicted octanol–water partition coefficient (Wildman–Crippen LogP) is 6.52. The Morgan fingerprint density at radius 1 is 1.10 bits per heavy atom. The maximum atomic E-state index is 12.5. The highest BCUT2D eigenvalue weighted by molar-refractivity contribution is 5.90. The van der Waals surface area contributed by atoms with Crippen molar-refractivity contribution in [3.63, 3.8) is 0 Å². The van der Waals surface area contributed by atoms with Crippen molar-refractivity contribution >= 4 is 11.8 Å². The summed E-state index contributed by atoms with van der Waals surface area (Å²) >= 11 is 0. The van der Waals surface area contributed by atoms with Crippen molar-refractivity contribution in [1.29, 1.82) is 0 Å². The van der Waals surface area contributed by atoms with Crippen LogP contribution in [0, 0.1) is 46.3 Å². The minimum Gasteiger partial charge on any atom is -0.481 e. The second-order valence-electron chi connectivity index (χ2n) is 11.4. The fraction of sp³-hybridized carbons (Fsp3) is 0.846. The first kappa shape index (κ1) is 22.6. The van der Waals surface area contributed by atoms with Gasteiger partial charge in [0.15, 0.2) is 5.78 Å². The number of carbonyl (C=O) groups is 2. The van der Waals surface area contributed by atoms with Crippen LogP contribution in [0.5, 0.6) is 0 Å². The minimum atomic E-state index is -0.606. The summed E-state index contributed by atoms with van der Waals surface area (Å²) in [5.74, 6) is 1.83. The van der Waals surface area contributed by atoms with Crippen molar-refractivity contribution in [2.24, 2.45) is 46.3 Å². The van der Waals surface area contributed by atoms with Crippen molar-refractivity contribution in [2.75, 3.05) is 0 Å². The van der Waals surface area contributed by atoms with Crippen molar-refractivity contribution in [3.8, 4) is 0 Å². The van der Waals surface area contributed by atoms with Crippen LogP contribution in [0.25, 0.3) is 0 Å². The molecule has 3 heteroatoms. The zero-order valence-corrected chi connectivity index (χ0v) is 19.2. The number of rotatable bonds is 7. The highest BCUT2D eigenvalue weighted by Crippen LogP contribution is 2.64. The van der Waals surface area contributed by atoms with Gasteiger partial charge in [-0.1, -0.05) is 60.0 Å². The third-order valence-corrected chi connectivity index (χ3v) is 9.16. The molecule has 0 aromatic rings. The molecule has 3 aliphatic rings. The lowest BCUT2D eigenvalue weighted by Gasteiger charge is -2.53. The molecule has 0 aromatic heterocycles. The number of hydrogen-bond donors (Lipinski definition) is 1. The van der Waals surface area contributed by atoms with Crippen molar-refractivity contribution < 1.29 is 14.7 Å². The summed E-state index contributed by atoms with van der Waals surface area (Å²) in [5.41, 5.74) is 0.000623. The number of carbonyl (C=O) groups excluding carboxylic acids is 1. The molecule has 0 spiro atoms. The molecule has 1 N–H and O–H groups in total. The van der Waals surface area contributed by atoms with E-state index in [4.69, 9.17) is 0 Å². The molecule has 164 valence electrons. The van der Waals surface area contributed by atoms with E-state index in [0.29, 0.717) is 18.3 Å². The van der Waals surface area contributed by atoms with Gasteiger partial charge < -0.3 is 5.11 Å². The summed E-state index contributed by atoms with van der Waals surface area (Å²) in [5, 5.41) is 10.3. The van der Waals surface area contributed by atoms with Gasteiger partial charge >= 0.3 is 5.97 Å². The van der Waals surface area contributed by atoms with Crippen LogP contribution in [0.2, 0.25) is 0 Å². The van der Waals surface area contributed by atoms with Crippen LogP contribution < -0.4 is 0 Å². The minimum absolute atomic E-state index is 0.150. The lowest BCUT2D eigenvalue weighted by atomic mass is 9.51. The smallest absolute Gasteiger partial charge is 0.307 e. The first-order valence-electron chi connectivity index (χ1n) is 12.0. The number of aliphatic carboxylic acids is 1. The van der Waals surface area contributed by atoms with E-state index in [-0.39, 0.29) is 34.4 Å². The van der Waals surface area contributed by atoms with E-state index >= 15 is 0 Å². The van der Waals surface area contributed by atoms with Crippen LogP contribution in [-0.4, -0.2) is 16.9 Å². The van der Waals surface area contributed by atoms with Crippen LogP contribution in [-0.2, 0) is 9.59 Å². The van der Waals surface area contributed by atoms with Gasteiger partial charge in [-0.05, 0) is 78.6 Å². The van der Waals surface area contributed by atoms with Gasteiger partial charge in [0.05, 0.1) is 5.92 Å². The Labute approximate surface area is 177 Å². The fourth-order valence-corrected chi connectivity index (χ4v) is 7.40. The average molecular weight is 403 g/mol. The lowest BCUT2D eigenvalue weighted by molar-refractivity contribution is -0.156. The number of hydrogen-bond acceptors (Lipinski definition) is 2. The van der Waals surface area contributed by atoms with Crippen LogP contribution in [0.1, 0.15) is 92.4 Å². The Bertz CT molecular complexity index is 650. The number of ketones is 1. The molecule has 3 rings (SSSR count). The number of carboxylic acid groups (broad SMARTS) is 1. The Kier molecular flexibility index (Phi) is 6.65. The maximum absolute atomic E-state index is 12.5. The molecular weight excluding hydrogens is 360 g/mol. The summed E-state index contributed by atoms with van der Waals surface area (Å²) in [6.45, 7) is 11.6. The topological polar surface area (TPSA) is 54.4 Å². The van der Waals surface area contributed by atoms with Gasteiger partial charge in [-0.3, -0.25) is 9.59 Å². The maximum Gasteiger partial charge on any atom is 0.307 e. The molecule has 5 unspecified atom stereocenters. The average Bonchev–Trinajstić information content (AvgIpc) is 3.00. The van der Waals surface area contributed by atoms with Gasteiger partial charge in [0, 0.05) is 6.42 Å². The number of carboxylic acids is 1. The zero-order chi connectivity index (χ0) is 21.4. The van der Waals surface area contributed by atoms with Gasteiger partial charge in [0.1, 0.15) is 0 Å². The predicted molar refractivity (Wildman–Crippen MR) is 118 cm³/mol. The molecule has 0 heterocycles. The highest BCUT2D eigenvalue weighted by atomic mass is 16.4. The van der Waals surface area contributed by atoms with Crippen molar-refractivity contribution in [3.05, 3.63) is 12.2 Å². The second-order valence-corrected chi connectivity index (χ2v) is 11.4. The van der Waals surface area contributed by atoms with E-state index in [9.17, 15) is 14.7 Å². The Balaban J connectivity index is 1.79. The number of allylic oxidation sites excluding steroid dienone is 2. The monoisotopic (exact) mass is 402 g/mol. The quantitative estimate of drug-likeness (QED) is 0.527. The lowest BCUT2D eigenvalue weighted by Crippen LogP contribution is -2.50. The molecule has 0 aromatic carbocycles. The van der Waals surface area contributed by atoms with Gasteiger partial charge in [-0.15, -0.1) is 0 Å². The van der Waals surface area contributed by atoms with Crippen LogP contribution in [0.4, 0.5) is 0 Å². The van der Waals surface area contributed by atoms with Crippen molar-refractivity contribution in [1.82, 2.24) is 0 Å². The van der Waals surface area contributed by atoms with Gasteiger partial charge in [-0.2, -0.15) is 0 Å². The molecule has 0 aliphatic heterocycles.